The molecule has 5 nitrogen and oxygen atoms in total. The summed E-state index contributed by atoms with van der Waals surface area (Å²) in [5.74, 6) is 0. The van der Waals surface area contributed by atoms with Crippen LogP contribution in [0.3, 0.4) is 0 Å². The maximum atomic E-state index is 11.5. The van der Waals surface area contributed by atoms with Crippen molar-refractivity contribution in [3.05, 3.63) is 68.2 Å². The number of benzene rings is 1. The summed E-state index contributed by atoms with van der Waals surface area (Å²) in [6.45, 7) is 2.12. The molecule has 0 saturated heterocycles. The van der Waals surface area contributed by atoms with E-state index in [0.29, 0.717) is 6.04 Å². The van der Waals surface area contributed by atoms with Crippen molar-refractivity contribution in [2.75, 3.05) is 18.4 Å². The lowest BCUT2D eigenvalue weighted by molar-refractivity contribution is 0.442. The van der Waals surface area contributed by atoms with Gasteiger partial charge in [-0.1, -0.05) is 49.8 Å². The predicted octanol–water partition coefficient (Wildman–Crippen LogP) is 6.75. The number of aromatic nitrogens is 2. The molecule has 3 aromatic rings. The van der Waals surface area contributed by atoms with Gasteiger partial charge in [-0.2, -0.15) is 0 Å². The van der Waals surface area contributed by atoms with E-state index in [1.165, 1.54) is 85.7 Å². The molecule has 2 heterocycles. The van der Waals surface area contributed by atoms with E-state index in [1.54, 1.807) is 6.07 Å². The molecule has 2 aromatic heterocycles. The average molecular weight is 521 g/mol. The van der Waals surface area contributed by atoms with Crippen LogP contribution < -0.4 is 16.2 Å². The van der Waals surface area contributed by atoms with Crippen LogP contribution in [0.1, 0.15) is 86.7 Å². The van der Waals surface area contributed by atoms with Gasteiger partial charge in [-0.15, -0.1) is 0 Å². The lowest BCUT2D eigenvalue weighted by Crippen LogP contribution is -2.36. The number of nitrogens with zero attached hydrogens (tertiary/aromatic N) is 1. The molecule has 0 aliphatic heterocycles. The fraction of sp³-hybridized carbons (Fsp3) is 0.548. The summed E-state index contributed by atoms with van der Waals surface area (Å²) >= 11 is 6.25. The zero-order valence-corrected chi connectivity index (χ0v) is 22.8. The van der Waals surface area contributed by atoms with E-state index < -0.39 is 0 Å². The number of anilines is 1. The second kappa shape index (κ2) is 12.9. The Labute approximate surface area is 225 Å². The Morgan fingerprint density at radius 2 is 1.70 bits per heavy atom. The smallest absolute Gasteiger partial charge is 0.248 e. The zero-order valence-electron chi connectivity index (χ0n) is 22.0. The first-order chi connectivity index (χ1) is 18.2. The highest BCUT2D eigenvalue weighted by molar-refractivity contribution is 6.31. The number of nitrogens with one attached hydrogen (secondary N) is 3. The van der Waals surface area contributed by atoms with Crippen molar-refractivity contribution >= 4 is 28.2 Å². The second-order valence-corrected chi connectivity index (χ2v) is 11.3. The van der Waals surface area contributed by atoms with Crippen LogP contribution >= 0.6 is 11.6 Å². The maximum Gasteiger partial charge on any atom is 0.248 e. The van der Waals surface area contributed by atoms with Crippen LogP contribution in [0.5, 0.6) is 0 Å². The number of hydrogen-bond acceptors (Lipinski definition) is 4. The van der Waals surface area contributed by atoms with Gasteiger partial charge >= 0.3 is 0 Å². The first-order valence-electron chi connectivity index (χ1n) is 14.5. The molecular formula is C31H41ClN4O. The molecule has 37 heavy (non-hydrogen) atoms. The Hall–Kier alpha value is -2.37. The largest absolute Gasteiger partial charge is 0.384 e. The highest BCUT2D eigenvalue weighted by atomic mass is 35.5. The van der Waals surface area contributed by atoms with Crippen LogP contribution in [0.25, 0.3) is 10.9 Å². The SMILES string of the molecule is O=c1ccc2c([nH]1)CCC(NCCCCCCCCCNc1c3c(nc4cc(Cl)ccc14)CCCC3)C2. The van der Waals surface area contributed by atoms with Gasteiger partial charge in [0.05, 0.1) is 5.52 Å². The summed E-state index contributed by atoms with van der Waals surface area (Å²) in [7, 11) is 0. The molecule has 1 unspecified atom stereocenters. The van der Waals surface area contributed by atoms with Crippen LogP contribution in [0.4, 0.5) is 5.69 Å². The molecule has 1 atom stereocenters. The first-order valence-corrected chi connectivity index (χ1v) is 14.8. The fourth-order valence-electron chi connectivity index (χ4n) is 6.08. The zero-order chi connectivity index (χ0) is 25.5. The standard InChI is InChI=1S/C31H41ClN4O/c32-23-13-15-26-29(21-23)35-28-11-7-6-10-25(28)31(26)34-19-9-5-3-1-2-4-8-18-33-24-14-16-27-22(20-24)12-17-30(37)36-27/h12-13,15,17,21,24,33H,1-11,14,16,18-20H2,(H,34,35)(H,36,37). The minimum absolute atomic E-state index is 0.0214. The van der Waals surface area contributed by atoms with Crippen LogP contribution in [-0.4, -0.2) is 29.1 Å². The summed E-state index contributed by atoms with van der Waals surface area (Å²) in [5.41, 5.74) is 7.49. The van der Waals surface area contributed by atoms with Crippen molar-refractivity contribution in [1.29, 1.82) is 0 Å². The summed E-state index contributed by atoms with van der Waals surface area (Å²) in [6, 6.07) is 10.3. The van der Waals surface area contributed by atoms with Crippen LogP contribution in [-0.2, 0) is 25.7 Å². The number of H-pyrrole nitrogens is 1. The van der Waals surface area contributed by atoms with Gasteiger partial charge in [0.1, 0.15) is 0 Å². The van der Waals surface area contributed by atoms with Gasteiger partial charge in [-0.05, 0) is 93.7 Å². The lowest BCUT2D eigenvalue weighted by Gasteiger charge is -2.25. The van der Waals surface area contributed by atoms with Crippen molar-refractivity contribution in [3.8, 4) is 0 Å². The third-order valence-corrected chi connectivity index (χ3v) is 8.36. The van der Waals surface area contributed by atoms with E-state index in [2.05, 4.69) is 21.7 Å². The Balaban J connectivity index is 0.955. The predicted molar refractivity (Wildman–Crippen MR) is 155 cm³/mol. The molecule has 6 heteroatoms. The molecule has 5 rings (SSSR count). The first kappa shape index (κ1) is 26.2. The van der Waals surface area contributed by atoms with Crippen molar-refractivity contribution < 1.29 is 0 Å². The third kappa shape index (κ3) is 6.94. The molecule has 2 aliphatic rings. The molecule has 1 aromatic carbocycles. The van der Waals surface area contributed by atoms with E-state index in [0.717, 1.165) is 61.4 Å². The van der Waals surface area contributed by atoms with E-state index in [9.17, 15) is 4.79 Å². The van der Waals surface area contributed by atoms with Gasteiger partial charge in [0.15, 0.2) is 0 Å². The van der Waals surface area contributed by atoms with Gasteiger partial charge in [0, 0.05) is 46.1 Å². The summed E-state index contributed by atoms with van der Waals surface area (Å²) in [5, 5.41) is 9.50. The number of pyridine rings is 2. The monoisotopic (exact) mass is 520 g/mol. The molecule has 0 bridgehead atoms. The van der Waals surface area contributed by atoms with Crippen LogP contribution in [0, 0.1) is 0 Å². The van der Waals surface area contributed by atoms with Crippen molar-refractivity contribution in [3.63, 3.8) is 0 Å². The van der Waals surface area contributed by atoms with Gasteiger partial charge in [0.25, 0.3) is 0 Å². The normalized spacial score (nSPS) is 16.9. The number of aromatic amines is 1. The van der Waals surface area contributed by atoms with Crippen molar-refractivity contribution in [2.45, 2.75) is 95.9 Å². The molecular weight excluding hydrogens is 480 g/mol. The van der Waals surface area contributed by atoms with E-state index in [-0.39, 0.29) is 5.56 Å². The van der Waals surface area contributed by atoms with E-state index in [1.807, 2.05) is 18.2 Å². The summed E-state index contributed by atoms with van der Waals surface area (Å²) < 4.78 is 0. The molecule has 0 fully saturated rings. The number of aryl methyl sites for hydroxylation is 2. The average Bonchev–Trinajstić information content (AvgIpc) is 2.91. The lowest BCUT2D eigenvalue weighted by atomic mass is 9.92. The number of hydrogen-bond donors (Lipinski definition) is 3. The molecule has 198 valence electrons. The van der Waals surface area contributed by atoms with Crippen LogP contribution in [0.15, 0.2) is 35.1 Å². The Morgan fingerprint density at radius 3 is 2.57 bits per heavy atom. The number of unbranched alkanes of at least 4 members (excludes halogenated alkanes) is 6. The van der Waals surface area contributed by atoms with Gasteiger partial charge in [-0.3, -0.25) is 9.78 Å². The summed E-state index contributed by atoms with van der Waals surface area (Å²) in [4.78, 5) is 19.4. The fourth-order valence-corrected chi connectivity index (χ4v) is 6.24. The molecule has 0 amide bonds. The van der Waals surface area contributed by atoms with Gasteiger partial charge in [0.2, 0.25) is 5.56 Å². The second-order valence-electron chi connectivity index (χ2n) is 10.9. The minimum atomic E-state index is 0.0214. The summed E-state index contributed by atoms with van der Waals surface area (Å²) in [6.07, 6.45) is 16.9. The number of halogens is 1. The van der Waals surface area contributed by atoms with E-state index >= 15 is 0 Å². The number of rotatable bonds is 12. The highest BCUT2D eigenvalue weighted by Crippen LogP contribution is 2.34. The molecule has 0 saturated carbocycles. The molecule has 2 aliphatic carbocycles. The van der Waals surface area contributed by atoms with Crippen molar-refractivity contribution in [2.24, 2.45) is 0 Å². The topological polar surface area (TPSA) is 69.8 Å². The third-order valence-electron chi connectivity index (χ3n) is 8.12. The molecule has 3 N–H and O–H groups in total. The Morgan fingerprint density at radius 1 is 0.919 bits per heavy atom. The Bertz CT molecular complexity index is 1250. The number of fused-ring (bicyclic) bond motifs is 3. The maximum absolute atomic E-state index is 11.5. The van der Waals surface area contributed by atoms with Gasteiger partial charge < -0.3 is 15.6 Å². The quantitative estimate of drug-likeness (QED) is 0.231. The van der Waals surface area contributed by atoms with E-state index in [4.69, 9.17) is 16.6 Å². The highest BCUT2D eigenvalue weighted by Gasteiger charge is 2.19. The Kier molecular flexibility index (Phi) is 9.17. The molecule has 0 spiro atoms. The van der Waals surface area contributed by atoms with Crippen molar-refractivity contribution in [1.82, 2.24) is 15.3 Å². The minimum Gasteiger partial charge on any atom is -0.384 e. The van der Waals surface area contributed by atoms with Crippen LogP contribution in [0.2, 0.25) is 5.02 Å². The van der Waals surface area contributed by atoms with Gasteiger partial charge in [-0.25, -0.2) is 0 Å². The molecule has 0 radical (unpaired) electrons.